The highest BCUT2D eigenvalue weighted by atomic mass is 79.9. The first-order valence-electron chi connectivity index (χ1n) is 6.48. The number of amides is 2. The fourth-order valence-electron chi connectivity index (χ4n) is 1.61. The molecule has 6 heteroatoms. The van der Waals surface area contributed by atoms with Crippen molar-refractivity contribution in [1.82, 2.24) is 10.6 Å². The zero-order valence-corrected chi connectivity index (χ0v) is 14.3. The molecule has 0 spiro atoms. The van der Waals surface area contributed by atoms with Gasteiger partial charge in [-0.3, -0.25) is 9.59 Å². The molecule has 0 aliphatic carbocycles. The van der Waals surface area contributed by atoms with E-state index < -0.39 is 0 Å². The van der Waals surface area contributed by atoms with Crippen LogP contribution in [0, 0.1) is 0 Å². The van der Waals surface area contributed by atoms with Gasteiger partial charge in [0.1, 0.15) is 0 Å². The maximum Gasteiger partial charge on any atom is 0.252 e. The highest BCUT2D eigenvalue weighted by Crippen LogP contribution is 2.09. The van der Waals surface area contributed by atoms with Crippen molar-refractivity contribution < 1.29 is 9.59 Å². The predicted molar refractivity (Wildman–Crippen MR) is 87.9 cm³/mol. The molecule has 1 aromatic carbocycles. The van der Waals surface area contributed by atoms with Crippen LogP contribution in [0.4, 0.5) is 0 Å². The summed E-state index contributed by atoms with van der Waals surface area (Å²) in [5.74, 6) is -0.422. The second kappa shape index (κ2) is 9.94. The third kappa shape index (κ3) is 5.63. The summed E-state index contributed by atoms with van der Waals surface area (Å²) in [7, 11) is 0. The van der Waals surface area contributed by atoms with Crippen molar-refractivity contribution in [3.63, 3.8) is 0 Å². The van der Waals surface area contributed by atoms with E-state index >= 15 is 0 Å². The molecular weight excluding hydrogens is 388 g/mol. The molecule has 1 aromatic rings. The van der Waals surface area contributed by atoms with Gasteiger partial charge in [0.25, 0.3) is 11.8 Å². The number of hydrogen-bond donors (Lipinski definition) is 2. The summed E-state index contributed by atoms with van der Waals surface area (Å²) in [6.07, 6.45) is 1.71. The lowest BCUT2D eigenvalue weighted by Crippen LogP contribution is -2.30. The summed E-state index contributed by atoms with van der Waals surface area (Å²) < 4.78 is 0. The maximum absolute atomic E-state index is 12.1. The van der Waals surface area contributed by atoms with Crippen LogP contribution in [0.15, 0.2) is 24.3 Å². The molecule has 0 aliphatic rings. The number of carbonyl (C=O) groups excluding carboxylic acids is 2. The number of hydrogen-bond acceptors (Lipinski definition) is 2. The van der Waals surface area contributed by atoms with Gasteiger partial charge >= 0.3 is 0 Å². The fourth-order valence-corrected chi connectivity index (χ4v) is 2.17. The summed E-state index contributed by atoms with van der Waals surface area (Å²) in [4.78, 5) is 24.1. The van der Waals surface area contributed by atoms with Crippen LogP contribution < -0.4 is 10.6 Å². The highest BCUT2D eigenvalue weighted by Gasteiger charge is 2.15. The molecular formula is C14H18Br2N2O2. The zero-order valence-electron chi connectivity index (χ0n) is 11.1. The van der Waals surface area contributed by atoms with Crippen LogP contribution in [0.1, 0.15) is 33.6 Å². The molecule has 0 saturated heterocycles. The Bertz CT molecular complexity index is 412. The fraction of sp³-hybridized carbons (Fsp3) is 0.429. The summed E-state index contributed by atoms with van der Waals surface area (Å²) in [5.41, 5.74) is 0.830. The SMILES string of the molecule is O=C(NCCCBr)c1ccccc1C(=O)NCCCBr. The zero-order chi connectivity index (χ0) is 14.8. The lowest BCUT2D eigenvalue weighted by molar-refractivity contribution is 0.0919. The van der Waals surface area contributed by atoms with Gasteiger partial charge in [-0.15, -0.1) is 0 Å². The summed E-state index contributed by atoms with van der Waals surface area (Å²) in [5, 5.41) is 7.28. The molecule has 0 unspecified atom stereocenters. The number of rotatable bonds is 8. The van der Waals surface area contributed by atoms with E-state index in [-0.39, 0.29) is 11.8 Å². The average Bonchev–Trinajstić information content (AvgIpc) is 2.47. The minimum absolute atomic E-state index is 0.211. The average molecular weight is 406 g/mol. The second-order valence-electron chi connectivity index (χ2n) is 4.14. The molecule has 0 heterocycles. The van der Waals surface area contributed by atoms with Gasteiger partial charge in [0.05, 0.1) is 11.1 Å². The van der Waals surface area contributed by atoms with Gasteiger partial charge < -0.3 is 10.6 Å². The Morgan fingerprint density at radius 1 is 0.850 bits per heavy atom. The molecule has 0 saturated carbocycles. The Labute approximate surface area is 136 Å². The van der Waals surface area contributed by atoms with E-state index in [1.165, 1.54) is 0 Å². The molecule has 1 rings (SSSR count). The normalized spacial score (nSPS) is 10.1. The Hall–Kier alpha value is -0.880. The van der Waals surface area contributed by atoms with Gasteiger partial charge in [-0.05, 0) is 25.0 Å². The van der Waals surface area contributed by atoms with Crippen LogP contribution in [-0.2, 0) is 0 Å². The number of alkyl halides is 2. The van der Waals surface area contributed by atoms with Crippen molar-refractivity contribution in [1.29, 1.82) is 0 Å². The first-order valence-corrected chi connectivity index (χ1v) is 8.72. The first-order chi connectivity index (χ1) is 9.70. The van der Waals surface area contributed by atoms with Gasteiger partial charge in [-0.1, -0.05) is 44.0 Å². The molecule has 0 fully saturated rings. The van der Waals surface area contributed by atoms with Crippen molar-refractivity contribution in [3.05, 3.63) is 35.4 Å². The van der Waals surface area contributed by atoms with Crippen LogP contribution in [0.5, 0.6) is 0 Å². The van der Waals surface area contributed by atoms with Crippen LogP contribution in [-0.4, -0.2) is 35.6 Å². The van der Waals surface area contributed by atoms with Crippen molar-refractivity contribution in [2.75, 3.05) is 23.7 Å². The van der Waals surface area contributed by atoms with E-state index in [9.17, 15) is 9.59 Å². The smallest absolute Gasteiger partial charge is 0.252 e. The monoisotopic (exact) mass is 404 g/mol. The molecule has 0 atom stereocenters. The maximum atomic E-state index is 12.1. The molecule has 0 radical (unpaired) electrons. The van der Waals surface area contributed by atoms with Gasteiger partial charge in [-0.25, -0.2) is 0 Å². The number of nitrogens with one attached hydrogen (secondary N) is 2. The number of halogens is 2. The van der Waals surface area contributed by atoms with E-state index in [2.05, 4.69) is 42.5 Å². The van der Waals surface area contributed by atoms with Gasteiger partial charge in [0.15, 0.2) is 0 Å². The van der Waals surface area contributed by atoms with Crippen molar-refractivity contribution >= 4 is 43.7 Å². The summed E-state index contributed by atoms with van der Waals surface area (Å²) in [6.45, 7) is 1.17. The minimum atomic E-state index is -0.211. The Morgan fingerprint density at radius 2 is 1.25 bits per heavy atom. The Morgan fingerprint density at radius 3 is 1.60 bits per heavy atom. The van der Waals surface area contributed by atoms with E-state index in [0.29, 0.717) is 24.2 Å². The third-order valence-electron chi connectivity index (χ3n) is 2.61. The molecule has 20 heavy (non-hydrogen) atoms. The largest absolute Gasteiger partial charge is 0.352 e. The second-order valence-corrected chi connectivity index (χ2v) is 5.73. The van der Waals surface area contributed by atoms with Crippen molar-refractivity contribution in [2.45, 2.75) is 12.8 Å². The first kappa shape index (κ1) is 17.2. The lowest BCUT2D eigenvalue weighted by atomic mass is 10.1. The van der Waals surface area contributed by atoms with Crippen LogP contribution in [0.3, 0.4) is 0 Å². The van der Waals surface area contributed by atoms with E-state index in [4.69, 9.17) is 0 Å². The molecule has 110 valence electrons. The summed E-state index contributed by atoms with van der Waals surface area (Å²) in [6, 6.07) is 6.86. The topological polar surface area (TPSA) is 58.2 Å². The highest BCUT2D eigenvalue weighted by molar-refractivity contribution is 9.09. The summed E-state index contributed by atoms with van der Waals surface area (Å²) >= 11 is 6.62. The molecule has 4 nitrogen and oxygen atoms in total. The predicted octanol–water partition coefficient (Wildman–Crippen LogP) is 2.72. The van der Waals surface area contributed by atoms with Gasteiger partial charge in [0.2, 0.25) is 0 Å². The van der Waals surface area contributed by atoms with Gasteiger partial charge in [0, 0.05) is 23.7 Å². The minimum Gasteiger partial charge on any atom is -0.352 e. The Balaban J connectivity index is 2.71. The molecule has 0 aromatic heterocycles. The number of carbonyl (C=O) groups is 2. The lowest BCUT2D eigenvalue weighted by Gasteiger charge is -2.10. The van der Waals surface area contributed by atoms with E-state index in [1.54, 1.807) is 24.3 Å². The van der Waals surface area contributed by atoms with Crippen LogP contribution in [0.2, 0.25) is 0 Å². The molecule has 0 aliphatic heterocycles. The standard InChI is InChI=1S/C14H18Br2N2O2/c15-7-3-9-17-13(19)11-5-1-2-6-12(11)14(20)18-10-4-8-16/h1-2,5-6H,3-4,7-10H2,(H,17,19)(H,18,20). The van der Waals surface area contributed by atoms with Crippen molar-refractivity contribution in [2.24, 2.45) is 0 Å². The van der Waals surface area contributed by atoms with E-state index in [0.717, 1.165) is 23.5 Å². The quantitative estimate of drug-likeness (QED) is 0.516. The van der Waals surface area contributed by atoms with Gasteiger partial charge in [-0.2, -0.15) is 0 Å². The Kier molecular flexibility index (Phi) is 8.53. The van der Waals surface area contributed by atoms with E-state index in [1.807, 2.05) is 0 Å². The third-order valence-corrected chi connectivity index (χ3v) is 3.73. The molecule has 0 bridgehead atoms. The molecule has 2 N–H and O–H groups in total. The molecule has 2 amide bonds. The van der Waals surface area contributed by atoms with Crippen LogP contribution >= 0.6 is 31.9 Å². The van der Waals surface area contributed by atoms with Crippen molar-refractivity contribution in [3.8, 4) is 0 Å². The number of benzene rings is 1. The van der Waals surface area contributed by atoms with Crippen LogP contribution in [0.25, 0.3) is 0 Å².